The molecule has 0 aromatic rings. The third kappa shape index (κ3) is 6.86. The van der Waals surface area contributed by atoms with Gasteiger partial charge in [-0.15, -0.1) is 0 Å². The first kappa shape index (κ1) is 14.5. The molecule has 0 aliphatic heterocycles. The molecule has 0 aliphatic rings. The Morgan fingerprint density at radius 1 is 1.44 bits per heavy atom. The zero-order valence-corrected chi connectivity index (χ0v) is 10.4. The van der Waals surface area contributed by atoms with Crippen LogP contribution in [0.2, 0.25) is 0 Å². The lowest BCUT2D eigenvalue weighted by molar-refractivity contribution is -0.127. The first-order valence-electron chi connectivity index (χ1n) is 5.11. The molecule has 0 saturated heterocycles. The molecule has 2 amide bonds. The Morgan fingerprint density at radius 2 is 2.00 bits per heavy atom. The molecule has 92 valence electrons. The van der Waals surface area contributed by atoms with Crippen LogP contribution >= 0.6 is 0 Å². The minimum Gasteiger partial charge on any atom is -0.444 e. The van der Waals surface area contributed by atoms with Crippen LogP contribution in [0.4, 0.5) is 4.79 Å². The standard InChI is InChI=1S/C11H20N2O3/c1-6-13(5)9(14)7-8-12-10(15)16-11(2,3)4/h6H,1,7-8H2,2-5H3,(H,12,15). The van der Waals surface area contributed by atoms with E-state index in [1.54, 1.807) is 27.8 Å². The second kappa shape index (κ2) is 6.15. The number of ether oxygens (including phenoxy) is 1. The van der Waals surface area contributed by atoms with Gasteiger partial charge in [-0.1, -0.05) is 6.58 Å². The molecule has 0 aromatic heterocycles. The zero-order valence-electron chi connectivity index (χ0n) is 10.4. The van der Waals surface area contributed by atoms with E-state index in [0.29, 0.717) is 0 Å². The topological polar surface area (TPSA) is 58.6 Å². The maximum atomic E-state index is 11.3. The van der Waals surface area contributed by atoms with Crippen molar-refractivity contribution in [3.05, 3.63) is 12.8 Å². The third-order valence-corrected chi connectivity index (χ3v) is 1.67. The van der Waals surface area contributed by atoms with E-state index in [4.69, 9.17) is 4.74 Å². The van der Waals surface area contributed by atoms with Crippen molar-refractivity contribution in [3.8, 4) is 0 Å². The van der Waals surface area contributed by atoms with Crippen LogP contribution in [0, 0.1) is 0 Å². The quantitative estimate of drug-likeness (QED) is 0.793. The van der Waals surface area contributed by atoms with Crippen molar-refractivity contribution in [3.63, 3.8) is 0 Å². The average Bonchev–Trinajstić information content (AvgIpc) is 2.13. The molecule has 0 bridgehead atoms. The lowest BCUT2D eigenvalue weighted by atomic mass is 10.2. The van der Waals surface area contributed by atoms with Crippen LogP contribution in [0.1, 0.15) is 27.2 Å². The Morgan fingerprint density at radius 3 is 2.44 bits per heavy atom. The van der Waals surface area contributed by atoms with Gasteiger partial charge in [0, 0.05) is 20.0 Å². The van der Waals surface area contributed by atoms with Gasteiger partial charge in [-0.25, -0.2) is 4.79 Å². The summed E-state index contributed by atoms with van der Waals surface area (Å²) in [5, 5.41) is 2.51. The molecule has 1 N–H and O–H groups in total. The molecule has 0 aromatic carbocycles. The summed E-state index contributed by atoms with van der Waals surface area (Å²) in [5.41, 5.74) is -0.522. The summed E-state index contributed by atoms with van der Waals surface area (Å²) in [6.45, 7) is 9.07. The molecule has 0 fully saturated rings. The second-order valence-corrected chi connectivity index (χ2v) is 4.37. The largest absolute Gasteiger partial charge is 0.444 e. The van der Waals surface area contributed by atoms with E-state index in [-0.39, 0.29) is 18.9 Å². The van der Waals surface area contributed by atoms with Crippen LogP contribution in [-0.4, -0.2) is 36.1 Å². The Hall–Kier alpha value is -1.52. The van der Waals surface area contributed by atoms with Gasteiger partial charge in [0.15, 0.2) is 0 Å². The van der Waals surface area contributed by atoms with E-state index in [2.05, 4.69) is 11.9 Å². The smallest absolute Gasteiger partial charge is 0.407 e. The van der Waals surface area contributed by atoms with E-state index >= 15 is 0 Å². The minimum atomic E-state index is -0.522. The zero-order chi connectivity index (χ0) is 12.8. The van der Waals surface area contributed by atoms with Gasteiger partial charge in [0.2, 0.25) is 5.91 Å². The molecule has 0 aliphatic carbocycles. The highest BCUT2D eigenvalue weighted by Gasteiger charge is 2.16. The van der Waals surface area contributed by atoms with Crippen molar-refractivity contribution >= 4 is 12.0 Å². The van der Waals surface area contributed by atoms with Crippen LogP contribution in [-0.2, 0) is 9.53 Å². The Balaban J connectivity index is 3.79. The van der Waals surface area contributed by atoms with Gasteiger partial charge < -0.3 is 15.0 Å². The molecule has 0 heterocycles. The molecule has 0 atom stereocenters. The number of hydrogen-bond acceptors (Lipinski definition) is 3. The fraction of sp³-hybridized carbons (Fsp3) is 0.636. The molecule has 0 spiro atoms. The molecule has 5 heteroatoms. The number of alkyl carbamates (subject to hydrolysis) is 1. The summed E-state index contributed by atoms with van der Waals surface area (Å²) < 4.78 is 5.01. The summed E-state index contributed by atoms with van der Waals surface area (Å²) in [5.74, 6) is -0.106. The predicted octanol–water partition coefficient (Wildman–Crippen LogP) is 1.50. The molecule has 0 rings (SSSR count). The lowest BCUT2D eigenvalue weighted by Crippen LogP contribution is -2.34. The van der Waals surface area contributed by atoms with Crippen LogP contribution < -0.4 is 5.32 Å². The number of hydrogen-bond donors (Lipinski definition) is 1. The molecular weight excluding hydrogens is 208 g/mol. The van der Waals surface area contributed by atoms with Gasteiger partial charge >= 0.3 is 6.09 Å². The highest BCUT2D eigenvalue weighted by atomic mass is 16.6. The van der Waals surface area contributed by atoms with Crippen molar-refractivity contribution < 1.29 is 14.3 Å². The van der Waals surface area contributed by atoms with Gasteiger partial charge in [0.05, 0.1) is 0 Å². The fourth-order valence-corrected chi connectivity index (χ4v) is 0.864. The first-order chi connectivity index (χ1) is 7.26. The number of nitrogens with one attached hydrogen (secondary N) is 1. The SMILES string of the molecule is C=CN(C)C(=O)CCNC(=O)OC(C)(C)C. The van der Waals surface area contributed by atoms with E-state index in [1.807, 2.05) is 0 Å². The molecular formula is C11H20N2O3. The van der Waals surface area contributed by atoms with Crippen molar-refractivity contribution in [2.24, 2.45) is 0 Å². The summed E-state index contributed by atoms with van der Waals surface area (Å²) in [4.78, 5) is 23.9. The van der Waals surface area contributed by atoms with Gasteiger partial charge in [-0.2, -0.15) is 0 Å². The van der Waals surface area contributed by atoms with Crippen molar-refractivity contribution in [1.82, 2.24) is 10.2 Å². The second-order valence-electron chi connectivity index (χ2n) is 4.37. The molecule has 5 nitrogen and oxygen atoms in total. The highest BCUT2D eigenvalue weighted by Crippen LogP contribution is 2.06. The highest BCUT2D eigenvalue weighted by molar-refractivity contribution is 5.77. The summed E-state index contributed by atoms with van der Waals surface area (Å²) in [6.07, 6.45) is 1.14. The Kier molecular flexibility index (Phi) is 5.56. The van der Waals surface area contributed by atoms with Crippen molar-refractivity contribution in [2.75, 3.05) is 13.6 Å². The average molecular weight is 228 g/mol. The normalized spacial score (nSPS) is 10.5. The number of rotatable bonds is 4. The van der Waals surface area contributed by atoms with Crippen molar-refractivity contribution in [2.45, 2.75) is 32.8 Å². The van der Waals surface area contributed by atoms with Crippen LogP contribution in [0.5, 0.6) is 0 Å². The molecule has 0 unspecified atom stereocenters. The maximum absolute atomic E-state index is 11.3. The van der Waals surface area contributed by atoms with Crippen LogP contribution in [0.3, 0.4) is 0 Å². The monoisotopic (exact) mass is 228 g/mol. The lowest BCUT2D eigenvalue weighted by Gasteiger charge is -2.19. The summed E-state index contributed by atoms with van der Waals surface area (Å²) in [7, 11) is 1.61. The Labute approximate surface area is 96.4 Å². The number of carbonyl (C=O) groups excluding carboxylic acids is 2. The fourth-order valence-electron chi connectivity index (χ4n) is 0.864. The number of carbonyl (C=O) groups is 2. The summed E-state index contributed by atoms with van der Waals surface area (Å²) >= 11 is 0. The Bertz CT molecular complexity index is 269. The number of nitrogens with zero attached hydrogens (tertiary/aromatic N) is 1. The molecule has 16 heavy (non-hydrogen) atoms. The predicted molar refractivity (Wildman–Crippen MR) is 61.8 cm³/mol. The van der Waals surface area contributed by atoms with Crippen molar-refractivity contribution in [1.29, 1.82) is 0 Å². The van der Waals surface area contributed by atoms with Gasteiger partial charge in [0.25, 0.3) is 0 Å². The first-order valence-corrected chi connectivity index (χ1v) is 5.11. The van der Waals surface area contributed by atoms with E-state index in [0.717, 1.165) is 0 Å². The van der Waals surface area contributed by atoms with Gasteiger partial charge in [-0.05, 0) is 27.0 Å². The molecule has 0 radical (unpaired) electrons. The molecule has 0 saturated carbocycles. The summed E-state index contributed by atoms with van der Waals surface area (Å²) in [6, 6.07) is 0. The van der Waals surface area contributed by atoms with E-state index in [9.17, 15) is 9.59 Å². The van der Waals surface area contributed by atoms with Gasteiger partial charge in [-0.3, -0.25) is 4.79 Å². The third-order valence-electron chi connectivity index (χ3n) is 1.67. The van der Waals surface area contributed by atoms with E-state index < -0.39 is 11.7 Å². The van der Waals surface area contributed by atoms with Crippen LogP contribution in [0.25, 0.3) is 0 Å². The minimum absolute atomic E-state index is 0.106. The van der Waals surface area contributed by atoms with Gasteiger partial charge in [0.1, 0.15) is 5.60 Å². The van der Waals surface area contributed by atoms with Crippen LogP contribution in [0.15, 0.2) is 12.8 Å². The number of amides is 2. The van der Waals surface area contributed by atoms with E-state index in [1.165, 1.54) is 11.1 Å². The maximum Gasteiger partial charge on any atom is 0.407 e.